The lowest BCUT2D eigenvalue weighted by molar-refractivity contribution is 0.102. The van der Waals surface area contributed by atoms with Gasteiger partial charge in [0.1, 0.15) is 11.5 Å². The van der Waals surface area contributed by atoms with Crippen molar-refractivity contribution in [3.8, 4) is 0 Å². The second-order valence-corrected chi connectivity index (χ2v) is 7.85. The first-order chi connectivity index (χ1) is 12.0. The van der Waals surface area contributed by atoms with E-state index in [-0.39, 0.29) is 10.8 Å². The summed E-state index contributed by atoms with van der Waals surface area (Å²) in [6.07, 6.45) is 6.08. The fraction of sp³-hybridized carbons (Fsp3) is 0.353. The Hall–Kier alpha value is -2.32. The highest BCUT2D eigenvalue weighted by Gasteiger charge is 2.21. The van der Waals surface area contributed by atoms with E-state index >= 15 is 0 Å². The molecule has 1 fully saturated rings. The average molecular weight is 360 g/mol. The van der Waals surface area contributed by atoms with Gasteiger partial charge in [-0.2, -0.15) is 0 Å². The summed E-state index contributed by atoms with van der Waals surface area (Å²) >= 11 is 0. The molecule has 3 rings (SSSR count). The van der Waals surface area contributed by atoms with Gasteiger partial charge in [0.05, 0.1) is 4.90 Å². The fourth-order valence-electron chi connectivity index (χ4n) is 2.91. The number of benzene rings is 1. The molecule has 0 spiro atoms. The smallest absolute Gasteiger partial charge is 0.274 e. The van der Waals surface area contributed by atoms with Gasteiger partial charge in [-0.3, -0.25) is 4.79 Å². The number of hydrogen-bond acceptors (Lipinski definition) is 5. The van der Waals surface area contributed by atoms with Crippen molar-refractivity contribution in [2.24, 2.45) is 0 Å². The first-order valence-corrected chi connectivity index (χ1v) is 9.66. The van der Waals surface area contributed by atoms with E-state index in [1.807, 2.05) is 0 Å². The van der Waals surface area contributed by atoms with E-state index in [9.17, 15) is 13.2 Å². The van der Waals surface area contributed by atoms with Crippen molar-refractivity contribution in [1.82, 2.24) is 14.7 Å². The van der Waals surface area contributed by atoms with E-state index < -0.39 is 10.0 Å². The lowest BCUT2D eigenvalue weighted by Crippen LogP contribution is -2.19. The van der Waals surface area contributed by atoms with Gasteiger partial charge in [-0.1, -0.05) is 12.8 Å². The summed E-state index contributed by atoms with van der Waals surface area (Å²) in [7, 11) is -2.14. The molecule has 25 heavy (non-hydrogen) atoms. The van der Waals surface area contributed by atoms with Crippen molar-refractivity contribution >= 4 is 21.6 Å². The molecule has 8 heteroatoms. The summed E-state index contributed by atoms with van der Waals surface area (Å²) in [6.45, 7) is 0. The molecule has 0 saturated heterocycles. The van der Waals surface area contributed by atoms with Crippen molar-refractivity contribution in [3.63, 3.8) is 0 Å². The molecule has 0 atom stereocenters. The van der Waals surface area contributed by atoms with Crippen LogP contribution in [0.15, 0.2) is 41.4 Å². The van der Waals surface area contributed by atoms with E-state index in [4.69, 9.17) is 0 Å². The number of amides is 1. The maximum absolute atomic E-state index is 12.4. The summed E-state index contributed by atoms with van der Waals surface area (Å²) in [5, 5.41) is 2.73. The Kier molecular flexibility index (Phi) is 5.10. The Balaban J connectivity index is 1.73. The number of rotatable bonds is 5. The Labute approximate surface area is 146 Å². The summed E-state index contributed by atoms with van der Waals surface area (Å²) in [5.74, 6) is 0.713. The SMILES string of the molecule is CNS(=O)(=O)c1ccc(NC(=O)c2ccnc(C3CCCC3)n2)cc1. The van der Waals surface area contributed by atoms with Crippen molar-refractivity contribution in [2.45, 2.75) is 36.5 Å². The van der Waals surface area contributed by atoms with Crippen molar-refractivity contribution in [1.29, 1.82) is 0 Å². The van der Waals surface area contributed by atoms with Crippen LogP contribution in [0.5, 0.6) is 0 Å². The van der Waals surface area contributed by atoms with Crippen LogP contribution < -0.4 is 10.0 Å². The van der Waals surface area contributed by atoms with Crippen LogP contribution in [0.4, 0.5) is 5.69 Å². The van der Waals surface area contributed by atoms with E-state index in [1.54, 1.807) is 24.4 Å². The number of hydrogen-bond donors (Lipinski definition) is 2. The minimum Gasteiger partial charge on any atom is -0.321 e. The van der Waals surface area contributed by atoms with Crippen LogP contribution in [0.2, 0.25) is 0 Å². The Morgan fingerprint density at radius 3 is 2.44 bits per heavy atom. The van der Waals surface area contributed by atoms with Gasteiger partial charge in [-0.15, -0.1) is 0 Å². The second kappa shape index (κ2) is 7.28. The molecule has 0 bridgehead atoms. The van der Waals surface area contributed by atoms with Gasteiger partial charge < -0.3 is 5.32 Å². The first kappa shape index (κ1) is 17.5. The van der Waals surface area contributed by atoms with E-state index in [0.717, 1.165) is 18.7 Å². The van der Waals surface area contributed by atoms with Crippen LogP contribution in [0.1, 0.15) is 47.9 Å². The van der Waals surface area contributed by atoms with Crippen LogP contribution >= 0.6 is 0 Å². The molecular formula is C17H20N4O3S. The van der Waals surface area contributed by atoms with Crippen molar-refractivity contribution in [3.05, 3.63) is 48.0 Å². The topological polar surface area (TPSA) is 101 Å². The lowest BCUT2D eigenvalue weighted by Gasteiger charge is -2.10. The fourth-order valence-corrected chi connectivity index (χ4v) is 3.64. The Morgan fingerprint density at radius 2 is 1.80 bits per heavy atom. The van der Waals surface area contributed by atoms with E-state index in [2.05, 4.69) is 20.0 Å². The van der Waals surface area contributed by atoms with Crippen LogP contribution in [-0.4, -0.2) is 31.3 Å². The molecular weight excluding hydrogens is 340 g/mol. The maximum Gasteiger partial charge on any atom is 0.274 e. The predicted octanol–water partition coefficient (Wildman–Crippen LogP) is 2.29. The molecule has 1 aromatic heterocycles. The zero-order valence-corrected chi connectivity index (χ0v) is 14.7. The number of sulfonamides is 1. The standard InChI is InChI=1S/C17H20N4O3S/c1-18-25(23,24)14-8-6-13(7-9-14)20-17(22)15-10-11-19-16(21-15)12-4-2-3-5-12/h6-12,18H,2-5H2,1H3,(H,20,22). The number of carbonyl (C=O) groups excluding carboxylic acids is 1. The van der Waals surface area contributed by atoms with Crippen LogP contribution in [-0.2, 0) is 10.0 Å². The van der Waals surface area contributed by atoms with E-state index in [0.29, 0.717) is 17.3 Å². The van der Waals surface area contributed by atoms with Gasteiger partial charge >= 0.3 is 0 Å². The molecule has 1 amide bonds. The van der Waals surface area contributed by atoms with Gasteiger partial charge in [-0.05, 0) is 50.2 Å². The zero-order valence-electron chi connectivity index (χ0n) is 13.9. The molecule has 1 saturated carbocycles. The largest absolute Gasteiger partial charge is 0.321 e. The molecule has 1 aliphatic rings. The van der Waals surface area contributed by atoms with Gasteiger partial charge in [-0.25, -0.2) is 23.1 Å². The van der Waals surface area contributed by atoms with Gasteiger partial charge in [0.2, 0.25) is 10.0 Å². The van der Waals surface area contributed by atoms with E-state index in [1.165, 1.54) is 32.0 Å². The second-order valence-electron chi connectivity index (χ2n) is 5.97. The normalized spacial score (nSPS) is 15.2. The highest BCUT2D eigenvalue weighted by molar-refractivity contribution is 7.89. The van der Waals surface area contributed by atoms with Crippen LogP contribution in [0.3, 0.4) is 0 Å². The highest BCUT2D eigenvalue weighted by Crippen LogP contribution is 2.31. The first-order valence-electron chi connectivity index (χ1n) is 8.17. The van der Waals surface area contributed by atoms with Crippen molar-refractivity contribution in [2.75, 3.05) is 12.4 Å². The van der Waals surface area contributed by atoms with Crippen molar-refractivity contribution < 1.29 is 13.2 Å². The van der Waals surface area contributed by atoms with Crippen LogP contribution in [0.25, 0.3) is 0 Å². The molecule has 0 radical (unpaired) electrons. The molecule has 132 valence electrons. The Morgan fingerprint density at radius 1 is 1.12 bits per heavy atom. The molecule has 1 heterocycles. The third-order valence-corrected chi connectivity index (χ3v) is 5.75. The summed E-state index contributed by atoms with van der Waals surface area (Å²) < 4.78 is 25.7. The van der Waals surface area contributed by atoms with Gasteiger partial charge in [0, 0.05) is 17.8 Å². The van der Waals surface area contributed by atoms with Gasteiger partial charge in [0.25, 0.3) is 5.91 Å². The number of anilines is 1. The third kappa shape index (κ3) is 4.02. The highest BCUT2D eigenvalue weighted by atomic mass is 32.2. The molecule has 0 unspecified atom stereocenters. The Bertz CT molecular complexity index is 860. The minimum atomic E-state index is -3.49. The molecule has 2 N–H and O–H groups in total. The number of aromatic nitrogens is 2. The summed E-state index contributed by atoms with van der Waals surface area (Å²) in [6, 6.07) is 7.53. The molecule has 7 nitrogen and oxygen atoms in total. The zero-order chi connectivity index (χ0) is 17.9. The van der Waals surface area contributed by atoms with Crippen LogP contribution in [0, 0.1) is 0 Å². The summed E-state index contributed by atoms with van der Waals surface area (Å²) in [5.41, 5.74) is 0.810. The average Bonchev–Trinajstić information content (AvgIpc) is 3.17. The number of nitrogens with zero attached hydrogens (tertiary/aromatic N) is 2. The predicted molar refractivity (Wildman–Crippen MR) is 93.9 cm³/mol. The minimum absolute atomic E-state index is 0.138. The molecule has 0 aliphatic heterocycles. The molecule has 2 aromatic rings. The third-order valence-electron chi connectivity index (χ3n) is 4.32. The maximum atomic E-state index is 12.4. The van der Waals surface area contributed by atoms with Gasteiger partial charge in [0.15, 0.2) is 0 Å². The summed E-state index contributed by atoms with van der Waals surface area (Å²) in [4.78, 5) is 21.2. The number of nitrogens with one attached hydrogen (secondary N) is 2. The quantitative estimate of drug-likeness (QED) is 0.852. The molecule has 1 aromatic carbocycles. The monoisotopic (exact) mass is 360 g/mol. The molecule has 1 aliphatic carbocycles. The lowest BCUT2D eigenvalue weighted by atomic mass is 10.1. The number of carbonyl (C=O) groups is 1.